The summed E-state index contributed by atoms with van der Waals surface area (Å²) >= 11 is 0. The Morgan fingerprint density at radius 3 is 2.86 bits per heavy atom. The number of aryl methyl sites for hydroxylation is 1. The number of amides is 1. The maximum atomic E-state index is 12.1. The van der Waals surface area contributed by atoms with Gasteiger partial charge in [-0.3, -0.25) is 4.79 Å². The maximum Gasteiger partial charge on any atom is 0.246 e. The van der Waals surface area contributed by atoms with E-state index in [1.54, 1.807) is 20.1 Å². The summed E-state index contributed by atoms with van der Waals surface area (Å²) in [5.74, 6) is 0.318. The lowest BCUT2D eigenvalue weighted by Crippen LogP contribution is -2.20. The summed E-state index contributed by atoms with van der Waals surface area (Å²) in [6.07, 6.45) is 0. The fourth-order valence-electron chi connectivity index (χ4n) is 1.86. The molecule has 7 nitrogen and oxygen atoms in total. The zero-order chi connectivity index (χ0) is 15.4. The van der Waals surface area contributed by atoms with Crippen LogP contribution in [0.15, 0.2) is 18.2 Å². The number of rotatable bonds is 4. The van der Waals surface area contributed by atoms with E-state index in [1.807, 2.05) is 25.1 Å². The van der Waals surface area contributed by atoms with Crippen molar-refractivity contribution in [2.45, 2.75) is 20.4 Å². The third kappa shape index (κ3) is 3.17. The highest BCUT2D eigenvalue weighted by molar-refractivity contribution is 5.92. The van der Waals surface area contributed by atoms with E-state index in [-0.39, 0.29) is 18.1 Å². The number of carbonyl (C=O) groups excluding carboxylic acids is 1. The fraction of sp³-hybridized carbons (Fsp3) is 0.286. The van der Waals surface area contributed by atoms with Crippen molar-refractivity contribution in [1.82, 2.24) is 15.0 Å². The molecule has 0 unspecified atom stereocenters. The van der Waals surface area contributed by atoms with Gasteiger partial charge in [-0.1, -0.05) is 11.3 Å². The fourth-order valence-corrected chi connectivity index (χ4v) is 1.86. The average Bonchev–Trinajstić information content (AvgIpc) is 2.79. The van der Waals surface area contributed by atoms with Gasteiger partial charge >= 0.3 is 0 Å². The average molecular weight is 285 g/mol. The molecule has 2 aromatic rings. The molecule has 0 bridgehead atoms. The van der Waals surface area contributed by atoms with Gasteiger partial charge in [-0.05, 0) is 31.5 Å². The number of anilines is 1. The molecule has 2 rings (SSSR count). The molecule has 1 N–H and O–H groups in total. The standard InChI is InChI=1S/C14H15N5O2/c1-9-4-5-13(21-3)11(6-9)16-14(20)8-19-10(2)12(7-15)17-18-19/h4-6H,8H2,1-3H3,(H,16,20). The van der Waals surface area contributed by atoms with Gasteiger partial charge in [0.15, 0.2) is 5.69 Å². The zero-order valence-corrected chi connectivity index (χ0v) is 12.0. The minimum atomic E-state index is -0.267. The number of ether oxygens (including phenoxy) is 1. The van der Waals surface area contributed by atoms with Crippen molar-refractivity contribution in [1.29, 1.82) is 5.26 Å². The highest BCUT2D eigenvalue weighted by atomic mass is 16.5. The van der Waals surface area contributed by atoms with Gasteiger partial charge < -0.3 is 10.1 Å². The van der Waals surface area contributed by atoms with Crippen LogP contribution in [0.25, 0.3) is 0 Å². The Kier molecular flexibility index (Phi) is 4.18. The van der Waals surface area contributed by atoms with Crippen molar-refractivity contribution >= 4 is 11.6 Å². The van der Waals surface area contributed by atoms with Gasteiger partial charge in [-0.2, -0.15) is 5.26 Å². The molecule has 108 valence electrons. The van der Waals surface area contributed by atoms with E-state index in [2.05, 4.69) is 15.6 Å². The second-order valence-electron chi connectivity index (χ2n) is 4.54. The van der Waals surface area contributed by atoms with E-state index in [0.29, 0.717) is 17.1 Å². The first-order valence-electron chi connectivity index (χ1n) is 6.30. The van der Waals surface area contributed by atoms with Crippen LogP contribution in [-0.4, -0.2) is 28.0 Å². The number of hydrogen-bond acceptors (Lipinski definition) is 5. The van der Waals surface area contributed by atoms with E-state index < -0.39 is 0 Å². The van der Waals surface area contributed by atoms with Crippen LogP contribution in [0.4, 0.5) is 5.69 Å². The summed E-state index contributed by atoms with van der Waals surface area (Å²) in [6.45, 7) is 3.60. The molecule has 0 saturated heterocycles. The number of nitrogens with one attached hydrogen (secondary N) is 1. The minimum Gasteiger partial charge on any atom is -0.495 e. The molecule has 1 amide bonds. The normalized spacial score (nSPS) is 10.0. The quantitative estimate of drug-likeness (QED) is 0.916. The molecule has 7 heteroatoms. The maximum absolute atomic E-state index is 12.1. The first-order chi connectivity index (χ1) is 10.0. The lowest BCUT2D eigenvalue weighted by molar-refractivity contribution is -0.117. The van der Waals surface area contributed by atoms with Gasteiger partial charge in [-0.25, -0.2) is 4.68 Å². The lowest BCUT2D eigenvalue weighted by atomic mass is 10.2. The van der Waals surface area contributed by atoms with Crippen LogP contribution in [-0.2, 0) is 11.3 Å². The van der Waals surface area contributed by atoms with Crippen LogP contribution in [0.1, 0.15) is 17.0 Å². The molecule has 0 aliphatic heterocycles. The summed E-state index contributed by atoms with van der Waals surface area (Å²) in [4.78, 5) is 12.1. The summed E-state index contributed by atoms with van der Waals surface area (Å²) < 4.78 is 6.59. The Labute approximate surface area is 122 Å². The molecule has 1 aromatic carbocycles. The van der Waals surface area contributed by atoms with E-state index in [0.717, 1.165) is 5.56 Å². The van der Waals surface area contributed by atoms with Gasteiger partial charge in [0.25, 0.3) is 0 Å². The van der Waals surface area contributed by atoms with Crippen molar-refractivity contribution in [3.8, 4) is 11.8 Å². The predicted octanol–water partition coefficient (Wildman–Crippen LogP) is 1.41. The number of carbonyl (C=O) groups is 1. The van der Waals surface area contributed by atoms with E-state index in [1.165, 1.54) is 4.68 Å². The van der Waals surface area contributed by atoms with Crippen molar-refractivity contribution in [2.24, 2.45) is 0 Å². The van der Waals surface area contributed by atoms with E-state index in [4.69, 9.17) is 10.00 Å². The van der Waals surface area contributed by atoms with Crippen LogP contribution in [0.2, 0.25) is 0 Å². The summed E-state index contributed by atoms with van der Waals surface area (Å²) in [5, 5.41) is 19.1. The Hall–Kier alpha value is -2.88. The highest BCUT2D eigenvalue weighted by Crippen LogP contribution is 2.25. The first-order valence-corrected chi connectivity index (χ1v) is 6.30. The highest BCUT2D eigenvalue weighted by Gasteiger charge is 2.13. The second kappa shape index (κ2) is 6.05. The van der Waals surface area contributed by atoms with Crippen LogP contribution >= 0.6 is 0 Å². The number of hydrogen-bond donors (Lipinski definition) is 1. The first kappa shape index (κ1) is 14.5. The molecule has 21 heavy (non-hydrogen) atoms. The smallest absolute Gasteiger partial charge is 0.246 e. The zero-order valence-electron chi connectivity index (χ0n) is 12.0. The number of nitrogens with zero attached hydrogens (tertiary/aromatic N) is 4. The van der Waals surface area contributed by atoms with Gasteiger partial charge in [-0.15, -0.1) is 5.10 Å². The van der Waals surface area contributed by atoms with Crippen molar-refractivity contribution in [2.75, 3.05) is 12.4 Å². The van der Waals surface area contributed by atoms with Gasteiger partial charge in [0.05, 0.1) is 18.5 Å². The summed E-state index contributed by atoms with van der Waals surface area (Å²) in [5.41, 5.74) is 2.38. The largest absolute Gasteiger partial charge is 0.495 e. The molecule has 0 aliphatic carbocycles. The molecule has 0 spiro atoms. The third-order valence-electron chi connectivity index (χ3n) is 3.01. The lowest BCUT2D eigenvalue weighted by Gasteiger charge is -2.11. The van der Waals surface area contributed by atoms with Crippen molar-refractivity contribution < 1.29 is 9.53 Å². The predicted molar refractivity (Wildman–Crippen MR) is 75.8 cm³/mol. The Bertz CT molecular complexity index is 715. The van der Waals surface area contributed by atoms with E-state index >= 15 is 0 Å². The SMILES string of the molecule is COc1ccc(C)cc1NC(=O)Cn1nnc(C#N)c1C. The Morgan fingerprint density at radius 2 is 2.24 bits per heavy atom. The van der Waals surface area contributed by atoms with Crippen molar-refractivity contribution in [3.05, 3.63) is 35.2 Å². The summed E-state index contributed by atoms with van der Waals surface area (Å²) in [7, 11) is 1.54. The molecular formula is C14H15N5O2. The minimum absolute atomic E-state index is 0.0163. The molecule has 0 aliphatic rings. The molecule has 0 atom stereocenters. The third-order valence-corrected chi connectivity index (χ3v) is 3.01. The van der Waals surface area contributed by atoms with Gasteiger partial charge in [0.1, 0.15) is 18.4 Å². The molecular weight excluding hydrogens is 270 g/mol. The molecule has 0 saturated carbocycles. The van der Waals surface area contributed by atoms with Crippen LogP contribution in [0.3, 0.4) is 0 Å². The molecule has 1 aromatic heterocycles. The van der Waals surface area contributed by atoms with Crippen LogP contribution in [0.5, 0.6) is 5.75 Å². The monoisotopic (exact) mass is 285 g/mol. The number of benzene rings is 1. The van der Waals surface area contributed by atoms with Crippen LogP contribution < -0.4 is 10.1 Å². The number of aromatic nitrogens is 3. The van der Waals surface area contributed by atoms with Crippen LogP contribution in [0, 0.1) is 25.2 Å². The number of methoxy groups -OCH3 is 1. The number of nitriles is 1. The second-order valence-corrected chi connectivity index (χ2v) is 4.54. The topological polar surface area (TPSA) is 92.8 Å². The Morgan fingerprint density at radius 1 is 1.48 bits per heavy atom. The van der Waals surface area contributed by atoms with E-state index in [9.17, 15) is 4.79 Å². The van der Waals surface area contributed by atoms with Crippen molar-refractivity contribution in [3.63, 3.8) is 0 Å². The molecule has 1 heterocycles. The van der Waals surface area contributed by atoms with Gasteiger partial charge in [0, 0.05) is 0 Å². The molecule has 0 fully saturated rings. The Balaban J connectivity index is 2.13. The van der Waals surface area contributed by atoms with Gasteiger partial charge in [0.2, 0.25) is 5.91 Å². The molecule has 0 radical (unpaired) electrons. The summed E-state index contributed by atoms with van der Waals surface area (Å²) in [6, 6.07) is 7.43.